The zero-order chi connectivity index (χ0) is 26.9. The molecule has 0 aromatic heterocycles. The van der Waals surface area contributed by atoms with Crippen molar-refractivity contribution in [3.05, 3.63) is 29.8 Å². The van der Waals surface area contributed by atoms with E-state index in [2.05, 4.69) is 0 Å². The van der Waals surface area contributed by atoms with Crippen LogP contribution in [0.25, 0.3) is 0 Å². The lowest BCUT2D eigenvalue weighted by Gasteiger charge is -2.24. The number of benzene rings is 1. The Labute approximate surface area is 208 Å². The highest BCUT2D eigenvalue weighted by Gasteiger charge is 2.21. The number of para-hydroxylation sites is 1. The van der Waals surface area contributed by atoms with Gasteiger partial charge in [-0.3, -0.25) is 29.0 Å². The quantitative estimate of drug-likeness (QED) is 0.132. The molecule has 0 radical (unpaired) electrons. The molecule has 0 aliphatic carbocycles. The zero-order valence-corrected chi connectivity index (χ0v) is 20.1. The van der Waals surface area contributed by atoms with Crippen LogP contribution in [0.15, 0.2) is 24.3 Å². The Kier molecular flexibility index (Phi) is 14.4. The summed E-state index contributed by atoms with van der Waals surface area (Å²) in [5, 5.41) is 27.0. The minimum Gasteiger partial charge on any atom is -0.480 e. The maximum atomic E-state index is 12.5. The molecule has 1 aromatic carbocycles. The van der Waals surface area contributed by atoms with Crippen LogP contribution in [0.2, 0.25) is 0 Å². The molecule has 0 bridgehead atoms. The second kappa shape index (κ2) is 17.0. The Bertz CT molecular complexity index is 875. The van der Waals surface area contributed by atoms with Crippen molar-refractivity contribution in [2.75, 3.05) is 59.1 Å². The van der Waals surface area contributed by atoms with Crippen molar-refractivity contribution in [2.24, 2.45) is 0 Å². The third kappa shape index (κ3) is 13.4. The van der Waals surface area contributed by atoms with Crippen LogP contribution in [0, 0.1) is 0 Å². The molecule has 13 heteroatoms. The molecule has 0 atom stereocenters. The second-order valence-corrected chi connectivity index (χ2v) is 7.67. The van der Waals surface area contributed by atoms with Crippen LogP contribution in [0.1, 0.15) is 30.1 Å². The topological polar surface area (TPSA) is 180 Å². The second-order valence-electron chi connectivity index (χ2n) is 7.67. The van der Waals surface area contributed by atoms with Gasteiger partial charge in [0.15, 0.2) is 0 Å². The lowest BCUT2D eigenvalue weighted by Crippen LogP contribution is -2.44. The average molecular weight is 513 g/mol. The SMILES string of the molecule is CCCCOCCOC(=O)c1ccccc1OC(=O)CN(CCN(CC(=O)O)CC(=O)O)CC(=O)O. The number of carboxylic acid groups (broad SMARTS) is 3. The van der Waals surface area contributed by atoms with Crippen LogP contribution in [0.4, 0.5) is 0 Å². The number of rotatable bonds is 19. The van der Waals surface area contributed by atoms with Gasteiger partial charge in [-0.2, -0.15) is 0 Å². The van der Waals surface area contributed by atoms with Crippen LogP contribution in [-0.2, 0) is 28.7 Å². The van der Waals surface area contributed by atoms with E-state index in [1.165, 1.54) is 18.2 Å². The maximum absolute atomic E-state index is 12.5. The third-order valence-corrected chi connectivity index (χ3v) is 4.60. The van der Waals surface area contributed by atoms with Gasteiger partial charge in [-0.15, -0.1) is 0 Å². The van der Waals surface area contributed by atoms with E-state index < -0.39 is 56.0 Å². The van der Waals surface area contributed by atoms with Crippen LogP contribution in [-0.4, -0.2) is 114 Å². The Hall–Kier alpha value is -3.55. The summed E-state index contributed by atoms with van der Waals surface area (Å²) in [7, 11) is 0. The Morgan fingerprint density at radius 2 is 1.33 bits per heavy atom. The normalized spacial score (nSPS) is 10.9. The monoisotopic (exact) mass is 512 g/mol. The van der Waals surface area contributed by atoms with Gasteiger partial charge in [-0.05, 0) is 18.6 Å². The lowest BCUT2D eigenvalue weighted by atomic mass is 10.2. The number of esters is 2. The third-order valence-electron chi connectivity index (χ3n) is 4.60. The van der Waals surface area contributed by atoms with Crippen molar-refractivity contribution in [1.29, 1.82) is 0 Å². The molecule has 0 aliphatic heterocycles. The van der Waals surface area contributed by atoms with E-state index in [1.807, 2.05) is 6.92 Å². The highest BCUT2D eigenvalue weighted by Crippen LogP contribution is 2.19. The first kappa shape index (κ1) is 30.5. The van der Waals surface area contributed by atoms with E-state index in [0.717, 1.165) is 22.6 Å². The molecule has 1 aromatic rings. The maximum Gasteiger partial charge on any atom is 0.342 e. The highest BCUT2D eigenvalue weighted by molar-refractivity contribution is 5.93. The summed E-state index contributed by atoms with van der Waals surface area (Å²) in [6.45, 7) is 0.341. The fourth-order valence-corrected chi connectivity index (χ4v) is 2.97. The molecule has 0 heterocycles. The summed E-state index contributed by atoms with van der Waals surface area (Å²) in [6.07, 6.45) is 1.87. The first-order chi connectivity index (χ1) is 17.1. The van der Waals surface area contributed by atoms with E-state index in [9.17, 15) is 24.0 Å². The molecule has 3 N–H and O–H groups in total. The van der Waals surface area contributed by atoms with E-state index in [-0.39, 0.29) is 37.6 Å². The standard InChI is InChI=1S/C23H32N2O11/c1-2-3-10-34-11-12-35-23(33)17-6-4-5-7-18(17)36-22(32)16-25(15-21(30)31)9-8-24(13-19(26)27)14-20(28)29/h4-7H,2-3,8-16H2,1H3,(H,26,27)(H,28,29)(H,30,31). The predicted octanol–water partition coefficient (Wildman–Crippen LogP) is 0.423. The average Bonchev–Trinajstić information content (AvgIpc) is 2.78. The first-order valence-electron chi connectivity index (χ1n) is 11.3. The van der Waals surface area contributed by atoms with Gasteiger partial charge in [-0.25, -0.2) is 4.79 Å². The summed E-state index contributed by atoms with van der Waals surface area (Å²) in [6, 6.07) is 5.89. The van der Waals surface area contributed by atoms with E-state index in [4.69, 9.17) is 29.5 Å². The van der Waals surface area contributed by atoms with Crippen molar-refractivity contribution in [3.63, 3.8) is 0 Å². The molecule has 0 spiro atoms. The number of carbonyl (C=O) groups is 5. The molecular weight excluding hydrogens is 480 g/mol. The molecule has 13 nitrogen and oxygen atoms in total. The number of ether oxygens (including phenoxy) is 3. The summed E-state index contributed by atoms with van der Waals surface area (Å²) < 4.78 is 15.7. The van der Waals surface area contributed by atoms with Crippen molar-refractivity contribution < 1.29 is 53.5 Å². The van der Waals surface area contributed by atoms with Gasteiger partial charge in [0.05, 0.1) is 32.8 Å². The molecular formula is C23H32N2O11. The highest BCUT2D eigenvalue weighted by atomic mass is 16.6. The Morgan fingerprint density at radius 1 is 0.778 bits per heavy atom. The Balaban J connectivity index is 2.74. The number of hydrogen-bond acceptors (Lipinski definition) is 10. The molecule has 0 unspecified atom stereocenters. The number of carboxylic acids is 3. The van der Waals surface area contributed by atoms with Crippen LogP contribution in [0.5, 0.6) is 5.75 Å². The molecule has 0 aliphatic rings. The van der Waals surface area contributed by atoms with Gasteiger partial charge < -0.3 is 29.5 Å². The van der Waals surface area contributed by atoms with Gasteiger partial charge in [0.25, 0.3) is 0 Å². The Morgan fingerprint density at radius 3 is 1.89 bits per heavy atom. The van der Waals surface area contributed by atoms with Crippen LogP contribution >= 0.6 is 0 Å². The summed E-state index contributed by atoms with van der Waals surface area (Å²) in [4.78, 5) is 60.3. The largest absolute Gasteiger partial charge is 0.480 e. The minimum absolute atomic E-state index is 0.00159. The molecule has 200 valence electrons. The van der Waals surface area contributed by atoms with Crippen LogP contribution in [0.3, 0.4) is 0 Å². The number of unbranched alkanes of at least 4 members (excludes halogenated alkanes) is 1. The summed E-state index contributed by atoms with van der Waals surface area (Å²) in [5.41, 5.74) is -0.00159. The first-order valence-corrected chi connectivity index (χ1v) is 11.3. The van der Waals surface area contributed by atoms with Crippen molar-refractivity contribution in [3.8, 4) is 5.75 Å². The molecule has 0 saturated carbocycles. The van der Waals surface area contributed by atoms with Crippen molar-refractivity contribution in [2.45, 2.75) is 19.8 Å². The lowest BCUT2D eigenvalue weighted by molar-refractivity contribution is -0.144. The smallest absolute Gasteiger partial charge is 0.342 e. The van der Waals surface area contributed by atoms with E-state index >= 15 is 0 Å². The van der Waals surface area contributed by atoms with Crippen LogP contribution < -0.4 is 4.74 Å². The summed E-state index contributed by atoms with van der Waals surface area (Å²) >= 11 is 0. The molecule has 36 heavy (non-hydrogen) atoms. The van der Waals surface area contributed by atoms with E-state index in [1.54, 1.807) is 6.07 Å². The van der Waals surface area contributed by atoms with Crippen molar-refractivity contribution in [1.82, 2.24) is 9.80 Å². The van der Waals surface area contributed by atoms with Gasteiger partial charge >= 0.3 is 29.8 Å². The summed E-state index contributed by atoms with van der Waals surface area (Å²) in [5.74, 6) is -5.43. The number of aliphatic carboxylic acids is 3. The predicted molar refractivity (Wildman–Crippen MR) is 124 cm³/mol. The van der Waals surface area contributed by atoms with Gasteiger partial charge in [0.2, 0.25) is 0 Å². The molecule has 0 saturated heterocycles. The van der Waals surface area contributed by atoms with Gasteiger partial charge in [-0.1, -0.05) is 25.5 Å². The van der Waals surface area contributed by atoms with Gasteiger partial charge in [0, 0.05) is 19.7 Å². The van der Waals surface area contributed by atoms with Crippen molar-refractivity contribution >= 4 is 29.8 Å². The fourth-order valence-electron chi connectivity index (χ4n) is 2.97. The molecule has 1 rings (SSSR count). The number of carbonyl (C=O) groups excluding carboxylic acids is 2. The minimum atomic E-state index is -1.25. The zero-order valence-electron chi connectivity index (χ0n) is 20.1. The fraction of sp³-hybridized carbons (Fsp3) is 0.522. The van der Waals surface area contributed by atoms with E-state index in [0.29, 0.717) is 6.61 Å². The van der Waals surface area contributed by atoms with Gasteiger partial charge in [0.1, 0.15) is 17.9 Å². The molecule has 0 fully saturated rings. The molecule has 0 amide bonds. The number of hydrogen-bond donors (Lipinski definition) is 3. The number of nitrogens with zero attached hydrogens (tertiary/aromatic N) is 2.